The van der Waals surface area contributed by atoms with Crippen LogP contribution in [0.1, 0.15) is 73.0 Å². The second-order valence-electron chi connectivity index (χ2n) is 10.6. The largest absolute Gasteiger partial charge is 0.341 e. The zero-order valence-corrected chi connectivity index (χ0v) is 21.0. The van der Waals surface area contributed by atoms with Crippen molar-refractivity contribution in [3.05, 3.63) is 59.2 Å². The molecule has 7 heteroatoms. The average Bonchev–Trinajstić information content (AvgIpc) is 3.76. The molecule has 7 nitrogen and oxygen atoms in total. The van der Waals surface area contributed by atoms with Gasteiger partial charge in [-0.3, -0.25) is 19.4 Å². The zero-order chi connectivity index (χ0) is 24.7. The molecule has 2 heterocycles. The summed E-state index contributed by atoms with van der Waals surface area (Å²) in [6.45, 7) is 8.01. The van der Waals surface area contributed by atoms with E-state index in [1.165, 1.54) is 0 Å². The number of carbonyl (C=O) groups excluding carboxylic acids is 2. The maximum absolute atomic E-state index is 13.7. The summed E-state index contributed by atoms with van der Waals surface area (Å²) < 4.78 is 1.72. The first-order chi connectivity index (χ1) is 16.8. The minimum atomic E-state index is -0.462. The van der Waals surface area contributed by atoms with E-state index in [0.717, 1.165) is 53.8 Å². The molecule has 5 rings (SSSR count). The van der Waals surface area contributed by atoms with Crippen molar-refractivity contribution in [1.82, 2.24) is 25.3 Å². The van der Waals surface area contributed by atoms with Crippen molar-refractivity contribution in [3.63, 3.8) is 0 Å². The Morgan fingerprint density at radius 1 is 1.06 bits per heavy atom. The highest BCUT2D eigenvalue weighted by molar-refractivity contribution is 5.97. The van der Waals surface area contributed by atoms with Crippen LogP contribution in [0.3, 0.4) is 0 Å². The maximum Gasteiger partial charge on any atom is 0.270 e. The summed E-state index contributed by atoms with van der Waals surface area (Å²) in [5, 5.41) is 14.8. The SMILES string of the molecule is Cc1n[nH]c(C)c1-c1ccc(CC(=O)[C@@H](NC(=O)c2ccnn2C(C)C)C(C2CC2)C2CC2)cc1. The number of nitrogens with one attached hydrogen (secondary N) is 2. The fourth-order valence-electron chi connectivity index (χ4n) is 5.48. The molecule has 3 aromatic rings. The third-order valence-corrected chi connectivity index (χ3v) is 7.49. The fourth-order valence-corrected chi connectivity index (χ4v) is 5.48. The van der Waals surface area contributed by atoms with E-state index in [2.05, 4.69) is 32.7 Å². The molecule has 1 amide bonds. The van der Waals surface area contributed by atoms with Crippen LogP contribution >= 0.6 is 0 Å². The Labute approximate surface area is 206 Å². The van der Waals surface area contributed by atoms with E-state index in [0.29, 0.717) is 24.0 Å². The quantitative estimate of drug-likeness (QED) is 0.442. The van der Waals surface area contributed by atoms with Gasteiger partial charge in [-0.25, -0.2) is 0 Å². The van der Waals surface area contributed by atoms with E-state index in [1.807, 2.05) is 39.8 Å². The monoisotopic (exact) mass is 473 g/mol. The van der Waals surface area contributed by atoms with Gasteiger partial charge in [-0.05, 0) is 88.3 Å². The summed E-state index contributed by atoms with van der Waals surface area (Å²) >= 11 is 0. The van der Waals surface area contributed by atoms with Gasteiger partial charge in [-0.1, -0.05) is 24.3 Å². The van der Waals surface area contributed by atoms with Gasteiger partial charge in [0.25, 0.3) is 5.91 Å². The second kappa shape index (κ2) is 9.44. The molecule has 2 saturated carbocycles. The minimum absolute atomic E-state index is 0.0728. The summed E-state index contributed by atoms with van der Waals surface area (Å²) in [5.74, 6) is 1.21. The predicted molar refractivity (Wildman–Crippen MR) is 135 cm³/mol. The molecule has 2 N–H and O–H groups in total. The number of carbonyl (C=O) groups is 2. The molecule has 0 aliphatic heterocycles. The third-order valence-electron chi connectivity index (χ3n) is 7.49. The molecule has 0 bridgehead atoms. The van der Waals surface area contributed by atoms with E-state index in [1.54, 1.807) is 16.9 Å². The van der Waals surface area contributed by atoms with Crippen LogP contribution in [0, 0.1) is 31.6 Å². The molecule has 35 heavy (non-hydrogen) atoms. The topological polar surface area (TPSA) is 92.7 Å². The molecule has 2 aliphatic carbocycles. The summed E-state index contributed by atoms with van der Waals surface area (Å²) in [4.78, 5) is 27.0. The van der Waals surface area contributed by atoms with Gasteiger partial charge < -0.3 is 5.32 Å². The first kappa shape index (κ1) is 23.5. The second-order valence-corrected chi connectivity index (χ2v) is 10.6. The molecular weight excluding hydrogens is 438 g/mol. The number of benzene rings is 1. The van der Waals surface area contributed by atoms with Crippen LogP contribution in [0.2, 0.25) is 0 Å². The number of amides is 1. The van der Waals surface area contributed by atoms with Crippen LogP contribution in [-0.4, -0.2) is 37.7 Å². The number of hydrogen-bond acceptors (Lipinski definition) is 4. The number of H-pyrrole nitrogens is 1. The summed E-state index contributed by atoms with van der Waals surface area (Å²) in [5.41, 5.74) is 5.67. The lowest BCUT2D eigenvalue weighted by Crippen LogP contribution is -2.48. The molecule has 0 radical (unpaired) electrons. The van der Waals surface area contributed by atoms with Crippen LogP contribution < -0.4 is 5.32 Å². The Morgan fingerprint density at radius 2 is 1.71 bits per heavy atom. The van der Waals surface area contributed by atoms with Crippen molar-refractivity contribution in [2.24, 2.45) is 17.8 Å². The summed E-state index contributed by atoms with van der Waals surface area (Å²) in [6.07, 6.45) is 6.58. The van der Waals surface area contributed by atoms with Gasteiger partial charge >= 0.3 is 0 Å². The normalized spacial score (nSPS) is 16.6. The lowest BCUT2D eigenvalue weighted by Gasteiger charge is -2.27. The summed E-state index contributed by atoms with van der Waals surface area (Å²) in [7, 11) is 0. The molecule has 2 aliphatic rings. The molecule has 0 spiro atoms. The first-order valence-electron chi connectivity index (χ1n) is 12.8. The van der Waals surface area contributed by atoms with Crippen molar-refractivity contribution >= 4 is 11.7 Å². The van der Waals surface area contributed by atoms with Gasteiger partial charge in [0, 0.05) is 29.9 Å². The van der Waals surface area contributed by atoms with Crippen LogP contribution in [0.4, 0.5) is 0 Å². The van der Waals surface area contributed by atoms with E-state index in [9.17, 15) is 9.59 Å². The Morgan fingerprint density at radius 3 is 2.26 bits per heavy atom. The zero-order valence-electron chi connectivity index (χ0n) is 21.0. The number of rotatable bonds is 10. The number of aromatic nitrogens is 4. The van der Waals surface area contributed by atoms with E-state index in [-0.39, 0.29) is 23.7 Å². The van der Waals surface area contributed by atoms with E-state index >= 15 is 0 Å². The number of nitrogens with zero attached hydrogens (tertiary/aromatic N) is 3. The molecule has 1 aromatic carbocycles. The first-order valence-corrected chi connectivity index (χ1v) is 12.8. The van der Waals surface area contributed by atoms with Crippen molar-refractivity contribution in [3.8, 4) is 11.1 Å². The van der Waals surface area contributed by atoms with Crippen molar-refractivity contribution in [2.75, 3.05) is 0 Å². The summed E-state index contributed by atoms with van der Waals surface area (Å²) in [6, 6.07) is 9.51. The van der Waals surface area contributed by atoms with Gasteiger partial charge in [0.2, 0.25) is 0 Å². The van der Waals surface area contributed by atoms with Crippen molar-refractivity contribution in [1.29, 1.82) is 0 Å². The van der Waals surface area contributed by atoms with E-state index < -0.39 is 6.04 Å². The minimum Gasteiger partial charge on any atom is -0.341 e. The molecule has 1 atom stereocenters. The van der Waals surface area contributed by atoms with Gasteiger partial charge in [0.05, 0.1) is 11.7 Å². The Bertz CT molecular complexity index is 1180. The van der Waals surface area contributed by atoms with E-state index in [4.69, 9.17) is 0 Å². The molecular formula is C28H35N5O2. The smallest absolute Gasteiger partial charge is 0.270 e. The van der Waals surface area contributed by atoms with Gasteiger partial charge in [-0.2, -0.15) is 10.2 Å². The Balaban J connectivity index is 1.36. The average molecular weight is 474 g/mol. The number of Topliss-reactive ketones (excluding diaryl/α,β-unsaturated/α-hetero) is 1. The molecule has 2 aromatic heterocycles. The third kappa shape index (κ3) is 4.95. The number of aromatic amines is 1. The molecule has 0 saturated heterocycles. The van der Waals surface area contributed by atoms with Gasteiger partial charge in [-0.15, -0.1) is 0 Å². The van der Waals surface area contributed by atoms with Crippen molar-refractivity contribution < 1.29 is 9.59 Å². The Kier molecular flexibility index (Phi) is 6.34. The van der Waals surface area contributed by atoms with Gasteiger partial charge in [0.1, 0.15) is 5.69 Å². The molecule has 184 valence electrons. The number of hydrogen-bond donors (Lipinski definition) is 2. The predicted octanol–water partition coefficient (Wildman–Crippen LogP) is 4.82. The standard InChI is InChI=1S/C28H35N5O2/c1-16(2)33-23(13-14-29-33)28(35)30-27(26(21-9-10-21)22-11-12-22)24(34)15-19-5-7-20(8-6-19)25-17(3)31-32-18(25)4/h5-8,13-14,16,21-22,26-27H,9-12,15H2,1-4H3,(H,30,35)(H,31,32)/t27-/m1/s1. The number of ketones is 1. The van der Waals surface area contributed by atoms with Gasteiger partial charge in [0.15, 0.2) is 5.78 Å². The highest BCUT2D eigenvalue weighted by Crippen LogP contribution is 2.51. The lowest BCUT2D eigenvalue weighted by atomic mass is 9.85. The van der Waals surface area contributed by atoms with Crippen LogP contribution in [0.5, 0.6) is 0 Å². The molecule has 0 unspecified atom stereocenters. The fraction of sp³-hybridized carbons (Fsp3) is 0.500. The highest BCUT2D eigenvalue weighted by atomic mass is 16.2. The highest BCUT2D eigenvalue weighted by Gasteiger charge is 2.48. The van der Waals surface area contributed by atoms with Crippen molar-refractivity contribution in [2.45, 2.75) is 71.9 Å². The number of aryl methyl sites for hydroxylation is 2. The van der Waals surface area contributed by atoms with Crippen LogP contribution in [-0.2, 0) is 11.2 Å². The molecule has 2 fully saturated rings. The lowest BCUT2D eigenvalue weighted by molar-refractivity contribution is -0.122. The van der Waals surface area contributed by atoms with Crippen LogP contribution in [0.25, 0.3) is 11.1 Å². The Hall–Kier alpha value is -3.22. The van der Waals surface area contributed by atoms with Crippen LogP contribution in [0.15, 0.2) is 36.5 Å². The maximum atomic E-state index is 13.7.